The number of thioether (sulfide) groups is 1. The molecule has 0 radical (unpaired) electrons. The molecule has 2 aromatic rings. The molecule has 1 amide bonds. The Kier molecular flexibility index (Phi) is 5.01. The van der Waals surface area contributed by atoms with Gasteiger partial charge in [-0.25, -0.2) is 4.68 Å². The van der Waals surface area contributed by atoms with Gasteiger partial charge in [-0.3, -0.25) is 9.59 Å². The molecular formula is C18H21N5O2S. The average molecular weight is 371 g/mol. The summed E-state index contributed by atoms with van der Waals surface area (Å²) in [6, 6.07) is 7.65. The number of benzene rings is 1. The summed E-state index contributed by atoms with van der Waals surface area (Å²) in [5, 5.41) is 12.7. The predicted octanol–water partition coefficient (Wildman–Crippen LogP) is 2.89. The number of Topliss-reactive ketones (excluding diaryl/α,β-unsaturated/α-hetero) is 1. The summed E-state index contributed by atoms with van der Waals surface area (Å²) in [5.74, 6) is 0.489. The number of nitrogens with zero attached hydrogens (tertiary/aromatic N) is 5. The number of aromatic nitrogens is 4. The molecule has 0 atom stereocenters. The minimum Gasteiger partial charge on any atom is -0.312 e. The molecule has 0 N–H and O–H groups in total. The highest BCUT2D eigenvalue weighted by atomic mass is 32.2. The molecule has 2 fully saturated rings. The van der Waals surface area contributed by atoms with Crippen LogP contribution in [0.1, 0.15) is 54.9 Å². The van der Waals surface area contributed by atoms with Crippen molar-refractivity contribution in [1.29, 1.82) is 0 Å². The van der Waals surface area contributed by atoms with Gasteiger partial charge in [0, 0.05) is 24.2 Å². The fourth-order valence-corrected chi connectivity index (χ4v) is 4.46. The molecule has 1 aromatic carbocycles. The lowest BCUT2D eigenvalue weighted by Crippen LogP contribution is -2.23. The van der Waals surface area contributed by atoms with Crippen LogP contribution in [-0.4, -0.2) is 44.2 Å². The number of amides is 1. The monoisotopic (exact) mass is 371 g/mol. The SMILES string of the molecule is O=C(CSc1nnnn1C1CCCC1)c1ccc(N2CCCC2=O)cc1. The van der Waals surface area contributed by atoms with E-state index in [-0.39, 0.29) is 11.7 Å². The summed E-state index contributed by atoms with van der Waals surface area (Å²) >= 11 is 1.39. The van der Waals surface area contributed by atoms with Gasteiger partial charge in [0.15, 0.2) is 5.78 Å². The van der Waals surface area contributed by atoms with Gasteiger partial charge >= 0.3 is 0 Å². The maximum Gasteiger partial charge on any atom is 0.227 e. The van der Waals surface area contributed by atoms with Crippen LogP contribution in [-0.2, 0) is 4.79 Å². The van der Waals surface area contributed by atoms with Gasteiger partial charge in [-0.05, 0) is 54.0 Å². The molecule has 1 aliphatic carbocycles. The van der Waals surface area contributed by atoms with E-state index in [2.05, 4.69) is 15.5 Å². The molecule has 4 rings (SSSR count). The summed E-state index contributed by atoms with van der Waals surface area (Å²) in [6.07, 6.45) is 6.12. The van der Waals surface area contributed by atoms with Gasteiger partial charge in [0.25, 0.3) is 0 Å². The first kappa shape index (κ1) is 17.2. The second-order valence-corrected chi connectivity index (χ2v) is 7.69. The molecule has 1 aromatic heterocycles. The highest BCUT2D eigenvalue weighted by Gasteiger charge is 2.23. The topological polar surface area (TPSA) is 81.0 Å². The van der Waals surface area contributed by atoms with Crippen LogP contribution in [0.5, 0.6) is 0 Å². The van der Waals surface area contributed by atoms with Gasteiger partial charge in [-0.1, -0.05) is 24.6 Å². The number of carbonyl (C=O) groups excluding carboxylic acids is 2. The molecule has 1 aliphatic heterocycles. The lowest BCUT2D eigenvalue weighted by Gasteiger charge is -2.15. The predicted molar refractivity (Wildman–Crippen MR) is 98.4 cm³/mol. The van der Waals surface area contributed by atoms with Crippen LogP contribution in [0.2, 0.25) is 0 Å². The molecule has 7 nitrogen and oxygen atoms in total. The van der Waals surface area contributed by atoms with Crippen molar-refractivity contribution in [2.75, 3.05) is 17.2 Å². The van der Waals surface area contributed by atoms with Crippen molar-refractivity contribution in [3.8, 4) is 0 Å². The number of rotatable bonds is 6. The van der Waals surface area contributed by atoms with E-state index in [1.165, 1.54) is 24.6 Å². The Balaban J connectivity index is 1.38. The quantitative estimate of drug-likeness (QED) is 0.574. The van der Waals surface area contributed by atoms with Gasteiger partial charge in [0.1, 0.15) is 0 Å². The fourth-order valence-electron chi connectivity index (χ4n) is 3.62. The second kappa shape index (κ2) is 7.57. The number of carbonyl (C=O) groups is 2. The summed E-state index contributed by atoms with van der Waals surface area (Å²) in [7, 11) is 0. The maximum absolute atomic E-state index is 12.5. The van der Waals surface area contributed by atoms with Gasteiger partial charge in [-0.2, -0.15) is 0 Å². The molecule has 136 valence electrons. The van der Waals surface area contributed by atoms with Gasteiger partial charge < -0.3 is 4.90 Å². The number of ketones is 1. The van der Waals surface area contributed by atoms with Gasteiger partial charge in [0.2, 0.25) is 11.1 Å². The van der Waals surface area contributed by atoms with Crippen molar-refractivity contribution in [1.82, 2.24) is 20.2 Å². The number of hydrogen-bond donors (Lipinski definition) is 0. The van der Waals surface area contributed by atoms with Crippen LogP contribution in [0, 0.1) is 0 Å². The van der Waals surface area contributed by atoms with Crippen LogP contribution >= 0.6 is 11.8 Å². The van der Waals surface area contributed by atoms with E-state index in [9.17, 15) is 9.59 Å². The zero-order valence-corrected chi connectivity index (χ0v) is 15.3. The van der Waals surface area contributed by atoms with Crippen LogP contribution in [0.25, 0.3) is 0 Å². The molecule has 0 spiro atoms. The summed E-state index contributed by atoms with van der Waals surface area (Å²) in [6.45, 7) is 0.756. The van der Waals surface area contributed by atoms with Gasteiger partial charge in [0.05, 0.1) is 11.8 Å². The smallest absolute Gasteiger partial charge is 0.227 e. The Labute approximate surface area is 156 Å². The second-order valence-electron chi connectivity index (χ2n) is 6.75. The normalized spacial score (nSPS) is 18.0. The van der Waals surface area contributed by atoms with Crippen molar-refractivity contribution in [3.63, 3.8) is 0 Å². The molecular weight excluding hydrogens is 350 g/mol. The minimum atomic E-state index is 0.0373. The van der Waals surface area contributed by atoms with E-state index in [1.54, 1.807) is 17.0 Å². The van der Waals surface area contributed by atoms with Crippen LogP contribution in [0.3, 0.4) is 0 Å². The van der Waals surface area contributed by atoms with Crippen molar-refractivity contribution in [2.45, 2.75) is 49.7 Å². The lowest BCUT2D eigenvalue weighted by molar-refractivity contribution is -0.117. The Bertz CT molecular complexity index is 798. The lowest BCUT2D eigenvalue weighted by atomic mass is 10.1. The molecule has 8 heteroatoms. The molecule has 0 unspecified atom stereocenters. The van der Waals surface area contributed by atoms with E-state index >= 15 is 0 Å². The first-order valence-corrected chi connectivity index (χ1v) is 10.1. The molecule has 0 bridgehead atoms. The van der Waals surface area contributed by atoms with Gasteiger partial charge in [-0.15, -0.1) is 5.10 Å². The van der Waals surface area contributed by atoms with Crippen LogP contribution in [0.4, 0.5) is 5.69 Å². The third-order valence-electron chi connectivity index (χ3n) is 5.04. The Morgan fingerprint density at radius 1 is 1.15 bits per heavy atom. The Morgan fingerprint density at radius 2 is 1.92 bits per heavy atom. The highest BCUT2D eigenvalue weighted by Crippen LogP contribution is 2.31. The van der Waals surface area contributed by atoms with Crippen molar-refractivity contribution in [2.24, 2.45) is 0 Å². The third kappa shape index (κ3) is 3.51. The molecule has 2 aliphatic rings. The first-order chi connectivity index (χ1) is 12.7. The molecule has 1 saturated carbocycles. The summed E-state index contributed by atoms with van der Waals surface area (Å²) in [5.41, 5.74) is 1.51. The minimum absolute atomic E-state index is 0.0373. The van der Waals surface area contributed by atoms with E-state index in [4.69, 9.17) is 0 Å². The average Bonchev–Trinajstić information content (AvgIpc) is 3.41. The Morgan fingerprint density at radius 3 is 2.62 bits per heavy atom. The zero-order valence-electron chi connectivity index (χ0n) is 14.5. The summed E-state index contributed by atoms with van der Waals surface area (Å²) in [4.78, 5) is 26.1. The van der Waals surface area contributed by atoms with Crippen molar-refractivity contribution >= 4 is 29.1 Å². The number of anilines is 1. The van der Waals surface area contributed by atoms with Crippen LogP contribution < -0.4 is 4.90 Å². The zero-order chi connectivity index (χ0) is 17.9. The van der Waals surface area contributed by atoms with Crippen molar-refractivity contribution < 1.29 is 9.59 Å². The standard InChI is InChI=1S/C18H21N5O2S/c24-16(12-26-18-19-20-21-23(18)15-4-1-2-5-15)13-7-9-14(10-8-13)22-11-3-6-17(22)25/h7-10,15H,1-6,11-12H2. The van der Waals surface area contributed by atoms with Crippen molar-refractivity contribution in [3.05, 3.63) is 29.8 Å². The van der Waals surface area contributed by atoms with Crippen LogP contribution in [0.15, 0.2) is 29.4 Å². The van der Waals surface area contributed by atoms with E-state index in [0.29, 0.717) is 28.9 Å². The molecule has 26 heavy (non-hydrogen) atoms. The summed E-state index contributed by atoms with van der Waals surface area (Å²) < 4.78 is 1.87. The maximum atomic E-state index is 12.5. The third-order valence-corrected chi connectivity index (χ3v) is 5.97. The number of tetrazole rings is 1. The molecule has 2 heterocycles. The Hall–Kier alpha value is -2.22. The first-order valence-electron chi connectivity index (χ1n) is 9.06. The molecule has 1 saturated heterocycles. The number of hydrogen-bond acceptors (Lipinski definition) is 6. The highest BCUT2D eigenvalue weighted by molar-refractivity contribution is 7.99. The fraction of sp³-hybridized carbons (Fsp3) is 0.500. The van der Waals surface area contributed by atoms with E-state index in [0.717, 1.165) is 31.5 Å². The van der Waals surface area contributed by atoms with E-state index < -0.39 is 0 Å². The van der Waals surface area contributed by atoms with E-state index in [1.807, 2.05) is 16.8 Å². The largest absolute Gasteiger partial charge is 0.312 e.